The minimum absolute atomic E-state index is 0.320. The van der Waals surface area contributed by atoms with E-state index in [4.69, 9.17) is 5.26 Å². The van der Waals surface area contributed by atoms with Gasteiger partial charge in [0.25, 0.3) is 0 Å². The standard InChI is InChI=1S/C11H14BrN3/c1-11(2,7-13)8-15-5-9-3-10(12)6-14-4-9/h3-4,6,15H,5,8H2,1-2H3. The molecule has 0 spiro atoms. The SMILES string of the molecule is CC(C)(C#N)CNCc1cncc(Br)c1. The van der Waals surface area contributed by atoms with Gasteiger partial charge in [0, 0.05) is 30.0 Å². The Hall–Kier alpha value is -0.920. The zero-order chi connectivity index (χ0) is 11.3. The van der Waals surface area contributed by atoms with Gasteiger partial charge < -0.3 is 5.32 Å². The maximum Gasteiger partial charge on any atom is 0.0697 e. The molecule has 0 aliphatic carbocycles. The summed E-state index contributed by atoms with van der Waals surface area (Å²) in [6.07, 6.45) is 3.57. The summed E-state index contributed by atoms with van der Waals surface area (Å²) in [5.41, 5.74) is 0.789. The Balaban J connectivity index is 2.42. The van der Waals surface area contributed by atoms with E-state index in [0.717, 1.165) is 16.6 Å². The van der Waals surface area contributed by atoms with E-state index in [2.05, 4.69) is 32.3 Å². The van der Waals surface area contributed by atoms with Gasteiger partial charge in [-0.1, -0.05) is 0 Å². The molecule has 0 saturated heterocycles. The van der Waals surface area contributed by atoms with Gasteiger partial charge in [-0.3, -0.25) is 4.98 Å². The molecule has 0 aromatic carbocycles. The first kappa shape index (κ1) is 12.2. The zero-order valence-electron chi connectivity index (χ0n) is 8.92. The molecule has 0 unspecified atom stereocenters. The van der Waals surface area contributed by atoms with Crippen molar-refractivity contribution in [1.29, 1.82) is 5.26 Å². The maximum absolute atomic E-state index is 8.83. The molecule has 80 valence electrons. The number of nitrogens with zero attached hydrogens (tertiary/aromatic N) is 2. The van der Waals surface area contributed by atoms with Crippen LogP contribution in [-0.4, -0.2) is 11.5 Å². The molecule has 1 aromatic heterocycles. The molecule has 0 aliphatic heterocycles. The summed E-state index contributed by atoms with van der Waals surface area (Å²) >= 11 is 3.36. The molecule has 3 nitrogen and oxygen atoms in total. The molecule has 1 heterocycles. The molecular weight excluding hydrogens is 254 g/mol. The molecular formula is C11H14BrN3. The van der Waals surface area contributed by atoms with Gasteiger partial charge in [-0.2, -0.15) is 5.26 Å². The Morgan fingerprint density at radius 1 is 1.53 bits per heavy atom. The number of hydrogen-bond acceptors (Lipinski definition) is 3. The van der Waals surface area contributed by atoms with Crippen molar-refractivity contribution < 1.29 is 0 Å². The van der Waals surface area contributed by atoms with Gasteiger partial charge >= 0.3 is 0 Å². The summed E-state index contributed by atoms with van der Waals surface area (Å²) in [5.74, 6) is 0. The molecule has 0 amide bonds. The van der Waals surface area contributed by atoms with Crippen LogP contribution in [0.2, 0.25) is 0 Å². The molecule has 0 atom stereocenters. The quantitative estimate of drug-likeness (QED) is 0.912. The third-order valence-corrected chi connectivity index (χ3v) is 2.39. The van der Waals surface area contributed by atoms with E-state index in [0.29, 0.717) is 6.54 Å². The number of halogens is 1. The van der Waals surface area contributed by atoms with Crippen molar-refractivity contribution in [1.82, 2.24) is 10.3 Å². The van der Waals surface area contributed by atoms with Gasteiger partial charge in [0.1, 0.15) is 0 Å². The number of rotatable bonds is 4. The molecule has 1 rings (SSSR count). The number of nitrogens with one attached hydrogen (secondary N) is 1. The average Bonchev–Trinajstić information content (AvgIpc) is 2.18. The van der Waals surface area contributed by atoms with Gasteiger partial charge in [0.05, 0.1) is 11.5 Å². The van der Waals surface area contributed by atoms with E-state index >= 15 is 0 Å². The summed E-state index contributed by atoms with van der Waals surface area (Å²) in [6, 6.07) is 4.26. The van der Waals surface area contributed by atoms with Crippen molar-refractivity contribution in [3.05, 3.63) is 28.5 Å². The number of pyridine rings is 1. The Bertz CT molecular complexity index is 368. The van der Waals surface area contributed by atoms with Crippen molar-refractivity contribution in [3.63, 3.8) is 0 Å². The number of aromatic nitrogens is 1. The summed E-state index contributed by atoms with van der Waals surface area (Å²) in [7, 11) is 0. The first-order valence-corrected chi connectivity index (χ1v) is 5.54. The van der Waals surface area contributed by atoms with E-state index < -0.39 is 0 Å². The van der Waals surface area contributed by atoms with Crippen molar-refractivity contribution in [2.45, 2.75) is 20.4 Å². The molecule has 0 bridgehead atoms. The minimum atomic E-state index is -0.320. The second kappa shape index (κ2) is 5.24. The van der Waals surface area contributed by atoms with Crippen LogP contribution in [0.15, 0.2) is 22.9 Å². The third-order valence-electron chi connectivity index (χ3n) is 1.96. The van der Waals surface area contributed by atoms with Gasteiger partial charge in [0.15, 0.2) is 0 Å². The average molecular weight is 268 g/mol. The molecule has 0 saturated carbocycles. The van der Waals surface area contributed by atoms with E-state index in [9.17, 15) is 0 Å². The molecule has 0 fully saturated rings. The topological polar surface area (TPSA) is 48.7 Å². The Labute approximate surface area is 98.7 Å². The lowest BCUT2D eigenvalue weighted by Crippen LogP contribution is -2.27. The Morgan fingerprint density at radius 2 is 2.27 bits per heavy atom. The lowest BCUT2D eigenvalue weighted by molar-refractivity contribution is 0.445. The monoisotopic (exact) mass is 267 g/mol. The summed E-state index contributed by atoms with van der Waals surface area (Å²) in [6.45, 7) is 5.24. The predicted molar refractivity (Wildman–Crippen MR) is 63.0 cm³/mol. The lowest BCUT2D eigenvalue weighted by Gasteiger charge is -2.15. The largest absolute Gasteiger partial charge is 0.311 e. The highest BCUT2D eigenvalue weighted by Crippen LogP contribution is 2.12. The molecule has 0 radical (unpaired) electrons. The molecule has 1 aromatic rings. The van der Waals surface area contributed by atoms with Crippen LogP contribution in [0.1, 0.15) is 19.4 Å². The zero-order valence-corrected chi connectivity index (χ0v) is 10.5. The van der Waals surface area contributed by atoms with Crippen molar-refractivity contribution in [2.75, 3.05) is 6.54 Å². The highest BCUT2D eigenvalue weighted by Gasteiger charge is 2.15. The van der Waals surface area contributed by atoms with E-state index in [1.165, 1.54) is 0 Å². The van der Waals surface area contributed by atoms with Crippen LogP contribution >= 0.6 is 15.9 Å². The van der Waals surface area contributed by atoms with Crippen LogP contribution in [-0.2, 0) is 6.54 Å². The van der Waals surface area contributed by atoms with Crippen molar-refractivity contribution in [2.24, 2.45) is 5.41 Å². The van der Waals surface area contributed by atoms with Crippen LogP contribution in [0, 0.1) is 16.7 Å². The third kappa shape index (κ3) is 4.41. The number of hydrogen-bond donors (Lipinski definition) is 1. The fraction of sp³-hybridized carbons (Fsp3) is 0.455. The summed E-state index contributed by atoms with van der Waals surface area (Å²) in [5, 5.41) is 12.1. The van der Waals surface area contributed by atoms with Gasteiger partial charge in [-0.25, -0.2) is 0 Å². The second-order valence-corrected chi connectivity index (χ2v) is 5.03. The smallest absolute Gasteiger partial charge is 0.0697 e. The van der Waals surface area contributed by atoms with E-state index in [1.54, 1.807) is 6.20 Å². The van der Waals surface area contributed by atoms with Crippen LogP contribution in [0.5, 0.6) is 0 Å². The minimum Gasteiger partial charge on any atom is -0.311 e. The van der Waals surface area contributed by atoms with Gasteiger partial charge in [-0.05, 0) is 41.4 Å². The maximum atomic E-state index is 8.83. The summed E-state index contributed by atoms with van der Waals surface area (Å²) in [4.78, 5) is 4.07. The van der Waals surface area contributed by atoms with E-state index in [-0.39, 0.29) is 5.41 Å². The lowest BCUT2D eigenvalue weighted by atomic mass is 9.96. The fourth-order valence-electron chi connectivity index (χ4n) is 1.11. The van der Waals surface area contributed by atoms with Crippen molar-refractivity contribution in [3.8, 4) is 6.07 Å². The van der Waals surface area contributed by atoms with Crippen LogP contribution < -0.4 is 5.32 Å². The molecule has 0 aliphatic rings. The van der Waals surface area contributed by atoms with Crippen LogP contribution in [0.25, 0.3) is 0 Å². The normalized spacial score (nSPS) is 11.1. The Morgan fingerprint density at radius 3 is 2.87 bits per heavy atom. The van der Waals surface area contributed by atoms with Crippen molar-refractivity contribution >= 4 is 15.9 Å². The predicted octanol–water partition coefficient (Wildman–Crippen LogP) is 2.48. The highest BCUT2D eigenvalue weighted by atomic mass is 79.9. The van der Waals surface area contributed by atoms with E-state index in [1.807, 2.05) is 26.1 Å². The molecule has 4 heteroatoms. The molecule has 1 N–H and O–H groups in total. The van der Waals surface area contributed by atoms with Crippen LogP contribution in [0.4, 0.5) is 0 Å². The fourth-order valence-corrected chi connectivity index (χ4v) is 1.52. The first-order valence-electron chi connectivity index (χ1n) is 4.75. The molecule has 15 heavy (non-hydrogen) atoms. The first-order chi connectivity index (χ1) is 7.03. The van der Waals surface area contributed by atoms with Gasteiger partial charge in [0.2, 0.25) is 0 Å². The number of nitriles is 1. The highest BCUT2D eigenvalue weighted by molar-refractivity contribution is 9.10. The van der Waals surface area contributed by atoms with Crippen LogP contribution in [0.3, 0.4) is 0 Å². The second-order valence-electron chi connectivity index (χ2n) is 4.11. The Kier molecular flexibility index (Phi) is 4.25. The summed E-state index contributed by atoms with van der Waals surface area (Å²) < 4.78 is 0.973. The van der Waals surface area contributed by atoms with Gasteiger partial charge in [-0.15, -0.1) is 0 Å².